The maximum atomic E-state index is 12.2. The van der Waals surface area contributed by atoms with E-state index in [9.17, 15) is 14.9 Å². The molecular formula is C21H25N3O5S. The number of pyridine rings is 1. The Morgan fingerprint density at radius 2 is 2.13 bits per heavy atom. The summed E-state index contributed by atoms with van der Waals surface area (Å²) in [7, 11) is 1.40. The number of hydrogen-bond acceptors (Lipinski definition) is 7. The number of ether oxygens (including phenoxy) is 2. The van der Waals surface area contributed by atoms with Gasteiger partial charge in [0.05, 0.1) is 17.8 Å². The number of carbonyl (C=O) groups is 1. The summed E-state index contributed by atoms with van der Waals surface area (Å²) in [5, 5.41) is 14.0. The predicted octanol–water partition coefficient (Wildman–Crippen LogP) is 3.87. The topological polar surface area (TPSA) is 104 Å². The number of carbonyl (C=O) groups excluding carboxylic acids is 1. The van der Waals surface area contributed by atoms with E-state index in [-0.39, 0.29) is 29.2 Å². The smallest absolute Gasteiger partial charge is 0.311 e. The van der Waals surface area contributed by atoms with Crippen molar-refractivity contribution in [2.75, 3.05) is 12.9 Å². The van der Waals surface area contributed by atoms with Crippen LogP contribution in [0.2, 0.25) is 0 Å². The molecule has 0 saturated heterocycles. The second-order valence-electron chi connectivity index (χ2n) is 7.02. The van der Waals surface area contributed by atoms with Gasteiger partial charge in [0.15, 0.2) is 5.75 Å². The van der Waals surface area contributed by atoms with Crippen molar-refractivity contribution >= 4 is 23.4 Å². The molecule has 0 spiro atoms. The first-order chi connectivity index (χ1) is 14.6. The van der Waals surface area contributed by atoms with E-state index in [0.29, 0.717) is 18.2 Å². The number of hydrogen-bond donors (Lipinski definition) is 1. The molecule has 1 aromatic heterocycles. The third-order valence-electron chi connectivity index (χ3n) is 4.85. The van der Waals surface area contributed by atoms with Crippen molar-refractivity contribution in [2.45, 2.75) is 44.1 Å². The zero-order valence-corrected chi connectivity index (χ0v) is 17.7. The highest BCUT2D eigenvalue weighted by Gasteiger charge is 2.19. The molecule has 1 heterocycles. The minimum atomic E-state index is -0.473. The van der Waals surface area contributed by atoms with E-state index in [2.05, 4.69) is 10.3 Å². The average molecular weight is 432 g/mol. The van der Waals surface area contributed by atoms with Crippen LogP contribution in [0.25, 0.3) is 0 Å². The van der Waals surface area contributed by atoms with Crippen LogP contribution in [0.4, 0.5) is 5.69 Å². The number of amides is 1. The molecule has 1 aliphatic carbocycles. The summed E-state index contributed by atoms with van der Waals surface area (Å²) in [6.07, 6.45) is 6.35. The van der Waals surface area contributed by atoms with Gasteiger partial charge in [-0.25, -0.2) is 4.98 Å². The second kappa shape index (κ2) is 10.8. The Hall–Kier alpha value is -2.81. The van der Waals surface area contributed by atoms with Crippen molar-refractivity contribution in [1.82, 2.24) is 10.3 Å². The minimum Gasteiger partial charge on any atom is -0.490 e. The fourth-order valence-corrected chi connectivity index (χ4v) is 4.11. The molecule has 0 aliphatic heterocycles. The number of nitro groups is 1. The third kappa shape index (κ3) is 6.09. The molecule has 1 saturated carbocycles. The molecule has 0 unspecified atom stereocenters. The minimum absolute atomic E-state index is 0.0774. The summed E-state index contributed by atoms with van der Waals surface area (Å²) < 4.78 is 11.0. The van der Waals surface area contributed by atoms with Gasteiger partial charge in [0.2, 0.25) is 11.8 Å². The van der Waals surface area contributed by atoms with Crippen molar-refractivity contribution in [3.05, 3.63) is 57.8 Å². The van der Waals surface area contributed by atoms with Crippen LogP contribution in [0.15, 0.2) is 36.5 Å². The van der Waals surface area contributed by atoms with Crippen LogP contribution in [-0.4, -0.2) is 34.8 Å². The number of aromatic nitrogens is 1. The predicted molar refractivity (Wildman–Crippen MR) is 115 cm³/mol. The molecule has 1 fully saturated rings. The van der Waals surface area contributed by atoms with Gasteiger partial charge in [-0.15, -0.1) is 11.8 Å². The van der Waals surface area contributed by atoms with E-state index >= 15 is 0 Å². The fraction of sp³-hybridized carbons (Fsp3) is 0.429. The van der Waals surface area contributed by atoms with Crippen LogP contribution >= 0.6 is 11.8 Å². The van der Waals surface area contributed by atoms with Gasteiger partial charge in [-0.3, -0.25) is 14.9 Å². The highest BCUT2D eigenvalue weighted by Crippen LogP contribution is 2.29. The van der Waals surface area contributed by atoms with Gasteiger partial charge in [0, 0.05) is 30.1 Å². The van der Waals surface area contributed by atoms with Crippen LogP contribution in [0, 0.1) is 10.1 Å². The number of nitro benzene ring substituents is 1. The SMILES string of the molecule is COc1ccc(CSCC(=O)NCc2cccnc2OC2CCCC2)cc1[N+](=O)[O-]. The molecule has 0 radical (unpaired) electrons. The Morgan fingerprint density at radius 1 is 1.33 bits per heavy atom. The fourth-order valence-electron chi connectivity index (χ4n) is 3.30. The van der Waals surface area contributed by atoms with Crippen molar-refractivity contribution in [3.63, 3.8) is 0 Å². The van der Waals surface area contributed by atoms with Crippen molar-refractivity contribution < 1.29 is 19.2 Å². The largest absolute Gasteiger partial charge is 0.490 e. The molecule has 3 rings (SSSR count). The third-order valence-corrected chi connectivity index (χ3v) is 5.85. The van der Waals surface area contributed by atoms with E-state index in [1.54, 1.807) is 18.3 Å². The maximum Gasteiger partial charge on any atom is 0.311 e. The van der Waals surface area contributed by atoms with Crippen molar-refractivity contribution in [3.8, 4) is 11.6 Å². The lowest BCUT2D eigenvalue weighted by molar-refractivity contribution is -0.385. The number of nitrogens with zero attached hydrogens (tertiary/aromatic N) is 2. The number of thioether (sulfide) groups is 1. The molecule has 0 bridgehead atoms. The molecule has 30 heavy (non-hydrogen) atoms. The Kier molecular flexibility index (Phi) is 7.89. The summed E-state index contributed by atoms with van der Waals surface area (Å²) in [5.74, 6) is 1.43. The van der Waals surface area contributed by atoms with Crippen LogP contribution in [0.5, 0.6) is 11.6 Å². The lowest BCUT2D eigenvalue weighted by atomic mass is 10.2. The number of benzene rings is 1. The Bertz CT molecular complexity index is 887. The zero-order valence-electron chi connectivity index (χ0n) is 16.8. The number of rotatable bonds is 10. The Morgan fingerprint density at radius 3 is 2.87 bits per heavy atom. The van der Waals surface area contributed by atoms with E-state index in [4.69, 9.17) is 9.47 Å². The first-order valence-corrected chi connectivity index (χ1v) is 11.0. The standard InChI is InChI=1S/C21H25N3O5S/c1-28-19-9-8-15(11-18(19)24(26)27)13-30-14-20(25)23-12-16-5-4-10-22-21(16)29-17-6-2-3-7-17/h4-5,8-11,17H,2-3,6-7,12-14H2,1H3,(H,23,25). The van der Waals surface area contributed by atoms with Crippen LogP contribution in [0.1, 0.15) is 36.8 Å². The lowest BCUT2D eigenvalue weighted by Gasteiger charge is -2.15. The summed E-state index contributed by atoms with van der Waals surface area (Å²) >= 11 is 1.39. The summed E-state index contributed by atoms with van der Waals surface area (Å²) in [6.45, 7) is 0.350. The quantitative estimate of drug-likeness (QED) is 0.450. The molecule has 1 amide bonds. The van der Waals surface area contributed by atoms with Crippen LogP contribution in [-0.2, 0) is 17.1 Å². The van der Waals surface area contributed by atoms with Gasteiger partial charge in [0.25, 0.3) is 0 Å². The van der Waals surface area contributed by atoms with Gasteiger partial charge in [-0.05, 0) is 43.4 Å². The second-order valence-corrected chi connectivity index (χ2v) is 8.01. The monoisotopic (exact) mass is 431 g/mol. The Labute approximate surface area is 179 Å². The zero-order chi connectivity index (χ0) is 21.3. The summed E-state index contributed by atoms with van der Waals surface area (Å²) in [4.78, 5) is 27.2. The maximum absolute atomic E-state index is 12.2. The van der Waals surface area contributed by atoms with Crippen LogP contribution in [0.3, 0.4) is 0 Å². The van der Waals surface area contributed by atoms with E-state index in [1.807, 2.05) is 12.1 Å². The van der Waals surface area contributed by atoms with Crippen LogP contribution < -0.4 is 14.8 Å². The van der Waals surface area contributed by atoms with Crippen molar-refractivity contribution in [2.24, 2.45) is 0 Å². The summed E-state index contributed by atoms with van der Waals surface area (Å²) in [5.41, 5.74) is 1.54. The van der Waals surface area contributed by atoms with E-state index in [0.717, 1.165) is 24.0 Å². The first-order valence-electron chi connectivity index (χ1n) is 9.83. The first kappa shape index (κ1) is 21.9. The number of nitrogens with one attached hydrogen (secondary N) is 1. The molecule has 1 aliphatic rings. The highest BCUT2D eigenvalue weighted by molar-refractivity contribution is 7.99. The van der Waals surface area contributed by atoms with E-state index in [1.165, 1.54) is 37.8 Å². The molecular weight excluding hydrogens is 406 g/mol. The molecule has 2 aromatic rings. The van der Waals surface area contributed by atoms with Gasteiger partial charge in [-0.2, -0.15) is 0 Å². The molecule has 1 N–H and O–H groups in total. The lowest BCUT2D eigenvalue weighted by Crippen LogP contribution is -2.25. The molecule has 8 nitrogen and oxygen atoms in total. The number of methoxy groups -OCH3 is 1. The average Bonchev–Trinajstić information content (AvgIpc) is 3.26. The van der Waals surface area contributed by atoms with Gasteiger partial charge in [-0.1, -0.05) is 12.1 Å². The molecule has 0 atom stereocenters. The summed E-state index contributed by atoms with van der Waals surface area (Å²) in [6, 6.07) is 8.54. The van der Waals surface area contributed by atoms with E-state index < -0.39 is 4.92 Å². The molecule has 9 heteroatoms. The van der Waals surface area contributed by atoms with Gasteiger partial charge >= 0.3 is 5.69 Å². The molecule has 1 aromatic carbocycles. The van der Waals surface area contributed by atoms with Gasteiger partial charge < -0.3 is 14.8 Å². The molecule has 160 valence electrons. The van der Waals surface area contributed by atoms with Crippen molar-refractivity contribution in [1.29, 1.82) is 0 Å². The Balaban J connectivity index is 1.47. The normalized spacial score (nSPS) is 13.8. The van der Waals surface area contributed by atoms with Gasteiger partial charge in [0.1, 0.15) is 6.10 Å². The highest BCUT2D eigenvalue weighted by atomic mass is 32.2.